The minimum Gasteiger partial charge on any atom is -0.872 e. The van der Waals surface area contributed by atoms with Crippen molar-refractivity contribution >= 4 is 75.6 Å². The number of benzene rings is 8. The quantitative estimate of drug-likeness (QED) is 0.0495. The zero-order valence-electron chi connectivity index (χ0n) is 47.5. The number of aliphatic imine (C=N–C) groups is 4. The smallest absolute Gasteiger partial charge is 0.872 e. The van der Waals surface area contributed by atoms with E-state index in [0.717, 1.165) is 26.4 Å². The first-order valence-electron chi connectivity index (χ1n) is 25.5. The second-order valence-corrected chi connectivity index (χ2v) is 18.0. The second-order valence-electron chi connectivity index (χ2n) is 18.0. The second kappa shape index (κ2) is 33.8. The SMILES string of the molecule is CCOCC.CCOCC.Fc1c(F)c(F)c([B-](c2c(F)c(F)c(F)c(F)c2F)(c2c(F)c(F)c(F)c(F)c2F)c2c(F)c(F)c(F)c(F)c2F)c(F)c1F.[CH3-].[Fe+2].[Fe+2].[O-]c1cc2cc(c1)C=Nc1cccc(c1)N=Cc1cccc(c1[O-])C=Nc1cccc(c1)N=C2. The Labute approximate surface area is 531 Å². The molecule has 9 rings (SSSR count). The molecule has 0 aromatic heterocycles. The fourth-order valence-corrected chi connectivity index (χ4v) is 8.75. The largest absolute Gasteiger partial charge is 2.00 e. The Morgan fingerprint density at radius 3 is 0.761 bits per heavy atom. The topological polar surface area (TPSA) is 114 Å². The molecule has 0 fully saturated rings. The van der Waals surface area contributed by atoms with Crippen LogP contribution in [0.15, 0.2) is 105 Å². The van der Waals surface area contributed by atoms with Crippen LogP contribution in [-0.4, -0.2) is 57.4 Å². The summed E-state index contributed by atoms with van der Waals surface area (Å²) in [7, 11) is 0. The van der Waals surface area contributed by atoms with Crippen LogP contribution in [0.1, 0.15) is 49.9 Å². The van der Waals surface area contributed by atoms with Gasteiger partial charge >= 0.3 is 34.1 Å². The van der Waals surface area contributed by atoms with Crippen LogP contribution in [0.2, 0.25) is 0 Å². The van der Waals surface area contributed by atoms with E-state index in [1.807, 2.05) is 70.2 Å². The molecule has 0 saturated heterocycles. The maximum atomic E-state index is 15.4. The number of para-hydroxylation sites is 1. The van der Waals surface area contributed by atoms with Crippen molar-refractivity contribution in [2.45, 2.75) is 27.7 Å². The van der Waals surface area contributed by atoms with Crippen LogP contribution in [0.5, 0.6) is 11.5 Å². The third-order valence-electron chi connectivity index (χ3n) is 12.6. The van der Waals surface area contributed by atoms with Crippen LogP contribution in [0, 0.1) is 124 Å². The van der Waals surface area contributed by atoms with E-state index in [2.05, 4.69) is 20.0 Å². The fraction of sp³-hybridized carbons (Fsp3) is 0.131. The predicted octanol–water partition coefficient (Wildman–Crippen LogP) is 13.5. The summed E-state index contributed by atoms with van der Waals surface area (Å²) in [6, 6.07) is 24.8. The molecule has 8 nitrogen and oxygen atoms in total. The summed E-state index contributed by atoms with van der Waals surface area (Å²) in [5, 5.41) is 25.0. The molecular weight excluding hydrogens is 1360 g/mol. The normalized spacial score (nSPS) is 11.4. The van der Waals surface area contributed by atoms with E-state index in [4.69, 9.17) is 9.47 Å². The maximum Gasteiger partial charge on any atom is 2.00 e. The molecule has 8 bridgehead atoms. The molecule has 488 valence electrons. The van der Waals surface area contributed by atoms with E-state index < -0.39 is 144 Å². The fourth-order valence-electron chi connectivity index (χ4n) is 8.75. The van der Waals surface area contributed by atoms with E-state index in [-0.39, 0.29) is 53.1 Å². The Morgan fingerprint density at radius 2 is 0.533 bits per heavy atom. The number of halogens is 20. The molecule has 0 N–H and O–H groups in total. The molecule has 92 heavy (non-hydrogen) atoms. The molecule has 1 aliphatic heterocycles. The number of nitrogens with zero attached hydrogens (tertiary/aromatic N) is 4. The molecular formula is C61H41BF20Fe2N4O4. The minimum atomic E-state index is -7.22. The Morgan fingerprint density at radius 1 is 0.315 bits per heavy atom. The molecule has 1 aliphatic rings. The van der Waals surface area contributed by atoms with Gasteiger partial charge in [-0.15, -0.1) is 27.6 Å². The molecule has 0 aliphatic carbocycles. The number of hydrogen-bond acceptors (Lipinski definition) is 8. The van der Waals surface area contributed by atoms with Crippen molar-refractivity contribution in [3.8, 4) is 11.5 Å². The zero-order valence-corrected chi connectivity index (χ0v) is 49.7. The van der Waals surface area contributed by atoms with Gasteiger partial charge in [-0.05, 0) is 92.4 Å². The van der Waals surface area contributed by atoms with E-state index in [1.165, 1.54) is 12.1 Å². The first-order valence-corrected chi connectivity index (χ1v) is 25.5. The molecule has 1 heterocycles. The van der Waals surface area contributed by atoms with Gasteiger partial charge in [0.2, 0.25) is 0 Å². The number of hydrogen-bond donors (Lipinski definition) is 0. The third kappa shape index (κ3) is 16.1. The summed E-state index contributed by atoms with van der Waals surface area (Å²) in [6.07, 6.45) is -0.860. The van der Waals surface area contributed by atoms with Gasteiger partial charge in [-0.1, -0.05) is 48.2 Å². The molecule has 0 saturated carbocycles. The van der Waals surface area contributed by atoms with E-state index >= 15 is 35.1 Å². The van der Waals surface area contributed by atoms with Gasteiger partial charge in [0.15, 0.2) is 69.8 Å². The van der Waals surface area contributed by atoms with E-state index in [0.29, 0.717) is 45.0 Å². The van der Waals surface area contributed by atoms with Crippen molar-refractivity contribution in [3.05, 3.63) is 231 Å². The Bertz CT molecular complexity index is 3610. The maximum absolute atomic E-state index is 15.4. The summed E-state index contributed by atoms with van der Waals surface area (Å²) < 4.78 is 304. The average molecular weight is 1400 g/mol. The summed E-state index contributed by atoms with van der Waals surface area (Å²) in [6.45, 7) is 11.3. The van der Waals surface area contributed by atoms with Crippen LogP contribution in [0.25, 0.3) is 0 Å². The minimum absolute atomic E-state index is 0. The van der Waals surface area contributed by atoms with Crippen molar-refractivity contribution in [3.63, 3.8) is 0 Å². The average Bonchev–Trinajstić information content (AvgIpc) is 0.683. The predicted molar refractivity (Wildman–Crippen MR) is 294 cm³/mol. The van der Waals surface area contributed by atoms with Crippen molar-refractivity contribution in [1.29, 1.82) is 0 Å². The first-order chi connectivity index (χ1) is 42.1. The van der Waals surface area contributed by atoms with Gasteiger partial charge in [0.05, 0.1) is 22.7 Å². The van der Waals surface area contributed by atoms with Crippen molar-refractivity contribution in [2.24, 2.45) is 20.0 Å². The van der Waals surface area contributed by atoms with Crippen LogP contribution < -0.4 is 32.1 Å². The van der Waals surface area contributed by atoms with Crippen molar-refractivity contribution in [2.75, 3.05) is 26.4 Å². The van der Waals surface area contributed by atoms with Gasteiger partial charge in [-0.2, -0.15) is 0 Å². The van der Waals surface area contributed by atoms with Gasteiger partial charge in [0, 0.05) is 51.3 Å². The third-order valence-corrected chi connectivity index (χ3v) is 12.6. The van der Waals surface area contributed by atoms with Crippen LogP contribution in [0.3, 0.4) is 0 Å². The van der Waals surface area contributed by atoms with Crippen molar-refractivity contribution < 1.29 is 142 Å². The number of fused-ring (bicyclic) bond motifs is 8. The molecule has 8 aromatic rings. The van der Waals surface area contributed by atoms with Gasteiger partial charge in [0.25, 0.3) is 0 Å². The summed E-state index contributed by atoms with van der Waals surface area (Å²) in [5.41, 5.74) is -9.40. The van der Waals surface area contributed by atoms with Crippen LogP contribution >= 0.6 is 0 Å². The standard InChI is InChI=1S/C28H20N4O2.C24BF20.2C4H10O.CH3.2Fe/c33-27-11-19-10-20(12-27)16-30-24-7-3-9-26(14-24)32-18-22-5-1-4-21(28(22)34)17-31-25-8-2-6-23(13-25)29-15-19;26-5-1(6(27)14(35)21(42)13(5)34)25(2-7(28)15(36)22(43)16(37)8(2)29,3-9(30)17(38)23(44)18(39)10(3)31)4-11(32)19(40)24(45)20(41)12(4)33;2*1-3-5-4-2;;;/h1-18,33-34H;;2*3-4H2,1-2H3;1H3;;/q;-1;;;-1;2*+2/p-2. The van der Waals surface area contributed by atoms with Gasteiger partial charge in [0.1, 0.15) is 52.7 Å². The van der Waals surface area contributed by atoms with E-state index in [1.54, 1.807) is 55.2 Å². The number of rotatable bonds is 8. The molecule has 0 amide bonds. The molecule has 8 aromatic carbocycles. The van der Waals surface area contributed by atoms with Crippen molar-refractivity contribution in [1.82, 2.24) is 0 Å². The Balaban J connectivity index is 0.000000416. The molecule has 0 atom stereocenters. The summed E-state index contributed by atoms with van der Waals surface area (Å²) in [5.74, 6) is -71.7. The summed E-state index contributed by atoms with van der Waals surface area (Å²) in [4.78, 5) is 17.9. The van der Waals surface area contributed by atoms with Gasteiger partial charge in [-0.3, -0.25) is 20.0 Å². The Kier molecular flexibility index (Phi) is 28.6. The summed E-state index contributed by atoms with van der Waals surface area (Å²) >= 11 is 0. The number of ether oxygens (including phenoxy) is 2. The molecule has 0 radical (unpaired) electrons. The van der Waals surface area contributed by atoms with Gasteiger partial charge < -0.3 is 27.1 Å². The first kappa shape index (κ1) is 77.9. The molecule has 0 unspecified atom stereocenters. The zero-order chi connectivity index (χ0) is 65.9. The van der Waals surface area contributed by atoms with Crippen LogP contribution in [0.4, 0.5) is 111 Å². The Hall–Kier alpha value is -8.34. The molecule has 31 heteroatoms. The monoisotopic (exact) mass is 1400 g/mol. The molecule has 0 spiro atoms. The van der Waals surface area contributed by atoms with Crippen LogP contribution in [-0.2, 0) is 43.6 Å². The van der Waals surface area contributed by atoms with Gasteiger partial charge in [-0.25, -0.2) is 87.8 Å². The van der Waals surface area contributed by atoms with E-state index in [9.17, 15) is 62.9 Å².